The maximum Gasteiger partial charge on any atom is 0.224 e. The van der Waals surface area contributed by atoms with Crippen molar-refractivity contribution in [2.45, 2.75) is 57.1 Å². The first-order valence-corrected chi connectivity index (χ1v) is 10.2. The van der Waals surface area contributed by atoms with Crippen LogP contribution in [0.15, 0.2) is 24.4 Å². The fourth-order valence-corrected chi connectivity index (χ4v) is 4.45. The van der Waals surface area contributed by atoms with E-state index in [-0.39, 0.29) is 5.91 Å². The van der Waals surface area contributed by atoms with Crippen LogP contribution in [0.3, 0.4) is 0 Å². The molecule has 1 aliphatic carbocycles. The predicted molar refractivity (Wildman–Crippen MR) is 107 cm³/mol. The van der Waals surface area contributed by atoms with Gasteiger partial charge in [0.25, 0.3) is 0 Å². The number of ether oxygens (including phenoxy) is 1. The quantitative estimate of drug-likeness (QED) is 0.775. The zero-order valence-electron chi connectivity index (χ0n) is 16.1. The zero-order chi connectivity index (χ0) is 19.6. The van der Waals surface area contributed by atoms with E-state index in [0.29, 0.717) is 43.3 Å². The SMILES string of the molecule is N#Cc1cccc2c1c(NC(=O)CC1CCCCCC1)cn2CC1(O)COC1. The molecule has 2 aliphatic rings. The molecule has 2 N–H and O–H groups in total. The van der Waals surface area contributed by atoms with Gasteiger partial charge in [0.05, 0.1) is 42.6 Å². The van der Waals surface area contributed by atoms with Crippen LogP contribution in [-0.2, 0) is 16.1 Å². The molecule has 2 heterocycles. The molecule has 28 heavy (non-hydrogen) atoms. The number of nitrogens with one attached hydrogen (secondary N) is 1. The highest BCUT2D eigenvalue weighted by Gasteiger charge is 2.37. The molecule has 1 aromatic heterocycles. The molecule has 6 heteroatoms. The normalized spacial score (nSPS) is 19.6. The summed E-state index contributed by atoms with van der Waals surface area (Å²) in [5.74, 6) is 0.448. The van der Waals surface area contributed by atoms with Gasteiger partial charge in [-0.15, -0.1) is 0 Å². The van der Waals surface area contributed by atoms with E-state index in [4.69, 9.17) is 4.74 Å². The van der Waals surface area contributed by atoms with Crippen molar-refractivity contribution in [1.82, 2.24) is 4.57 Å². The third-order valence-electron chi connectivity index (χ3n) is 5.96. The Bertz CT molecular complexity index is 900. The van der Waals surface area contributed by atoms with Gasteiger partial charge in [-0.25, -0.2) is 0 Å². The second-order valence-electron chi connectivity index (χ2n) is 8.31. The summed E-state index contributed by atoms with van der Waals surface area (Å²) in [5.41, 5.74) is 1.12. The average molecular weight is 381 g/mol. The van der Waals surface area contributed by atoms with Gasteiger partial charge in [-0.2, -0.15) is 5.26 Å². The molecule has 1 amide bonds. The number of amides is 1. The Kier molecular flexibility index (Phi) is 5.38. The molecule has 0 spiro atoms. The minimum atomic E-state index is -0.893. The second-order valence-corrected chi connectivity index (χ2v) is 8.31. The molecule has 1 aliphatic heterocycles. The number of fused-ring (bicyclic) bond motifs is 1. The molecule has 1 saturated carbocycles. The van der Waals surface area contributed by atoms with E-state index in [1.54, 1.807) is 6.07 Å². The van der Waals surface area contributed by atoms with Crippen molar-refractivity contribution in [2.75, 3.05) is 18.5 Å². The van der Waals surface area contributed by atoms with Crippen molar-refractivity contribution < 1.29 is 14.6 Å². The number of aromatic nitrogens is 1. The molecule has 148 valence electrons. The molecule has 2 fully saturated rings. The van der Waals surface area contributed by atoms with Gasteiger partial charge < -0.3 is 19.7 Å². The molecular formula is C22H27N3O3. The predicted octanol–water partition coefficient (Wildman–Crippen LogP) is 3.57. The number of carbonyl (C=O) groups excluding carboxylic acids is 1. The Balaban J connectivity index is 1.58. The number of rotatable bonds is 5. The van der Waals surface area contributed by atoms with Gasteiger partial charge in [-0.1, -0.05) is 31.7 Å². The van der Waals surface area contributed by atoms with Crippen molar-refractivity contribution in [2.24, 2.45) is 5.92 Å². The number of nitrogens with zero attached hydrogens (tertiary/aromatic N) is 2. The third-order valence-corrected chi connectivity index (χ3v) is 5.96. The smallest absolute Gasteiger partial charge is 0.224 e. The molecule has 4 rings (SSSR count). The van der Waals surface area contributed by atoms with Crippen LogP contribution in [0.5, 0.6) is 0 Å². The number of benzene rings is 1. The number of hydrogen-bond acceptors (Lipinski definition) is 4. The molecule has 0 atom stereocenters. The van der Waals surface area contributed by atoms with E-state index in [1.807, 2.05) is 22.9 Å². The summed E-state index contributed by atoms with van der Waals surface area (Å²) in [6, 6.07) is 7.73. The largest absolute Gasteiger partial charge is 0.383 e. The molecular weight excluding hydrogens is 354 g/mol. The summed E-state index contributed by atoms with van der Waals surface area (Å²) in [5, 5.41) is 23.8. The summed E-state index contributed by atoms with van der Waals surface area (Å²) in [7, 11) is 0. The Morgan fingerprint density at radius 1 is 1.29 bits per heavy atom. The van der Waals surface area contributed by atoms with Crippen LogP contribution >= 0.6 is 0 Å². The van der Waals surface area contributed by atoms with E-state index in [1.165, 1.54) is 25.7 Å². The highest BCUT2D eigenvalue weighted by atomic mass is 16.5. The highest BCUT2D eigenvalue weighted by molar-refractivity contribution is 6.04. The van der Waals surface area contributed by atoms with Gasteiger partial charge in [0.15, 0.2) is 0 Å². The lowest BCUT2D eigenvalue weighted by Gasteiger charge is -2.36. The first-order valence-electron chi connectivity index (χ1n) is 10.2. The van der Waals surface area contributed by atoms with Gasteiger partial charge >= 0.3 is 0 Å². The van der Waals surface area contributed by atoms with Crippen molar-refractivity contribution in [3.05, 3.63) is 30.0 Å². The number of aliphatic hydroxyl groups is 1. The van der Waals surface area contributed by atoms with Crippen molar-refractivity contribution in [1.29, 1.82) is 5.26 Å². The van der Waals surface area contributed by atoms with Crippen LogP contribution in [0, 0.1) is 17.2 Å². The lowest BCUT2D eigenvalue weighted by Crippen LogP contribution is -2.52. The van der Waals surface area contributed by atoms with Crippen LogP contribution < -0.4 is 5.32 Å². The second kappa shape index (κ2) is 7.94. The van der Waals surface area contributed by atoms with E-state index in [9.17, 15) is 15.2 Å². The molecule has 0 unspecified atom stereocenters. The monoisotopic (exact) mass is 381 g/mol. The topological polar surface area (TPSA) is 87.3 Å². The third kappa shape index (κ3) is 3.91. The summed E-state index contributed by atoms with van der Waals surface area (Å²) in [6.07, 6.45) is 9.55. The van der Waals surface area contributed by atoms with Crippen molar-refractivity contribution in [3.8, 4) is 6.07 Å². The van der Waals surface area contributed by atoms with Crippen LogP contribution in [-0.4, -0.2) is 34.4 Å². The fraction of sp³-hybridized carbons (Fsp3) is 0.545. The van der Waals surface area contributed by atoms with Crippen LogP contribution in [0.25, 0.3) is 10.9 Å². The molecule has 1 saturated heterocycles. The number of nitriles is 1. The van der Waals surface area contributed by atoms with Crippen molar-refractivity contribution >= 4 is 22.5 Å². The molecule has 6 nitrogen and oxygen atoms in total. The average Bonchev–Trinajstić information content (AvgIpc) is 2.83. The van der Waals surface area contributed by atoms with Gasteiger partial charge in [0, 0.05) is 18.0 Å². The molecule has 2 aromatic rings. The van der Waals surface area contributed by atoms with Gasteiger partial charge in [0.1, 0.15) is 5.60 Å². The van der Waals surface area contributed by atoms with Crippen LogP contribution in [0.2, 0.25) is 0 Å². The number of carbonyl (C=O) groups is 1. The van der Waals surface area contributed by atoms with E-state index < -0.39 is 5.60 Å². The van der Waals surface area contributed by atoms with Crippen LogP contribution in [0.4, 0.5) is 5.69 Å². The number of hydrogen-bond donors (Lipinski definition) is 2. The van der Waals surface area contributed by atoms with E-state index in [0.717, 1.165) is 23.7 Å². The lowest BCUT2D eigenvalue weighted by atomic mass is 9.96. The summed E-state index contributed by atoms with van der Waals surface area (Å²) in [6.45, 7) is 0.971. The number of anilines is 1. The molecule has 0 radical (unpaired) electrons. The Labute approximate surface area is 165 Å². The van der Waals surface area contributed by atoms with Gasteiger partial charge in [-0.05, 0) is 30.9 Å². The Morgan fingerprint density at radius 2 is 2.04 bits per heavy atom. The fourth-order valence-electron chi connectivity index (χ4n) is 4.45. The van der Waals surface area contributed by atoms with Crippen molar-refractivity contribution in [3.63, 3.8) is 0 Å². The van der Waals surface area contributed by atoms with Gasteiger partial charge in [-0.3, -0.25) is 4.79 Å². The summed E-state index contributed by atoms with van der Waals surface area (Å²) < 4.78 is 7.06. The van der Waals surface area contributed by atoms with Gasteiger partial charge in [0.2, 0.25) is 5.91 Å². The Morgan fingerprint density at radius 3 is 2.68 bits per heavy atom. The van der Waals surface area contributed by atoms with Crippen LogP contribution in [0.1, 0.15) is 50.5 Å². The Hall–Kier alpha value is -2.36. The minimum absolute atomic E-state index is 0.00406. The maximum atomic E-state index is 12.7. The molecule has 1 aromatic carbocycles. The standard InChI is InChI=1S/C22H27N3O3/c23-11-17-8-5-9-19-21(17)18(12-25(19)13-22(27)14-28-15-22)24-20(26)10-16-6-3-1-2-4-7-16/h5,8-9,12,16,27H,1-4,6-7,10,13-15H2,(H,24,26). The zero-order valence-corrected chi connectivity index (χ0v) is 16.1. The summed E-state index contributed by atoms with van der Waals surface area (Å²) >= 11 is 0. The first-order chi connectivity index (χ1) is 13.6. The lowest BCUT2D eigenvalue weighted by molar-refractivity contribution is -0.184. The maximum absolute atomic E-state index is 12.7. The molecule has 0 bridgehead atoms. The highest BCUT2D eigenvalue weighted by Crippen LogP contribution is 2.32. The van der Waals surface area contributed by atoms with E-state index >= 15 is 0 Å². The summed E-state index contributed by atoms with van der Waals surface area (Å²) in [4.78, 5) is 12.7. The first kappa shape index (κ1) is 19.0. The minimum Gasteiger partial charge on any atom is -0.383 e. The van der Waals surface area contributed by atoms with E-state index in [2.05, 4.69) is 11.4 Å².